The van der Waals surface area contributed by atoms with Gasteiger partial charge in [-0.25, -0.2) is 26.6 Å². The van der Waals surface area contributed by atoms with E-state index in [9.17, 15) is 39.6 Å². The number of primary amides is 1. The summed E-state index contributed by atoms with van der Waals surface area (Å²) < 4.78 is 105. The van der Waals surface area contributed by atoms with Crippen LogP contribution in [0.5, 0.6) is 0 Å². The summed E-state index contributed by atoms with van der Waals surface area (Å²) in [4.78, 5) is 14.8. The Labute approximate surface area is 165 Å². The number of sulfone groups is 1. The molecule has 1 unspecified atom stereocenters. The number of amides is 1. The Kier molecular flexibility index (Phi) is 6.48. The average molecular weight is 461 g/mol. The number of alkyl halides is 3. The van der Waals surface area contributed by atoms with Crippen LogP contribution >= 0.6 is 11.6 Å². The third-order valence-electron chi connectivity index (χ3n) is 3.79. The average Bonchev–Trinajstić information content (AvgIpc) is 2.60. The summed E-state index contributed by atoms with van der Waals surface area (Å²) in [5.41, 5.74) is 2.40. The lowest BCUT2D eigenvalue weighted by Crippen LogP contribution is -2.25. The van der Waals surface area contributed by atoms with Crippen LogP contribution in [0.1, 0.15) is 33.3 Å². The van der Waals surface area contributed by atoms with Crippen molar-refractivity contribution < 1.29 is 39.6 Å². The minimum Gasteiger partial charge on any atom is -0.364 e. The molecule has 0 saturated heterocycles. The Bertz CT molecular complexity index is 1060. The van der Waals surface area contributed by atoms with Gasteiger partial charge in [0.05, 0.1) is 17.2 Å². The molecular formula is C16H11ClF6N2O3S. The fourth-order valence-corrected chi connectivity index (χ4v) is 4.66. The predicted octanol–water partition coefficient (Wildman–Crippen LogP) is 3.71. The maximum atomic E-state index is 14.3. The highest BCUT2D eigenvalue weighted by Gasteiger charge is 2.39. The predicted molar refractivity (Wildman–Crippen MR) is 90.4 cm³/mol. The summed E-state index contributed by atoms with van der Waals surface area (Å²) in [6.07, 6.45) is -6.01. The molecule has 13 heteroatoms. The first-order valence-corrected chi connectivity index (χ1v) is 9.71. The standard InChI is InChI=1S/C16H11ClF6N2O3S/c17-8-6-25-11(15(24)26)5-7(8)14(29(27,28)4-3-16(21,22)23)12-9(18)1-2-10(19)13(12)20/h1-2,5-6,14H,3-4H2,(H2,24,26). The normalized spacial score (nSPS) is 13.3. The lowest BCUT2D eigenvalue weighted by Gasteiger charge is -2.21. The van der Waals surface area contributed by atoms with Crippen molar-refractivity contribution in [2.45, 2.75) is 17.8 Å². The molecule has 0 bridgehead atoms. The molecule has 2 N–H and O–H groups in total. The van der Waals surface area contributed by atoms with Crippen LogP contribution < -0.4 is 5.73 Å². The van der Waals surface area contributed by atoms with Gasteiger partial charge in [-0.2, -0.15) is 13.2 Å². The van der Waals surface area contributed by atoms with Crippen LogP contribution in [0.4, 0.5) is 26.3 Å². The Morgan fingerprint density at radius 3 is 2.31 bits per heavy atom. The van der Waals surface area contributed by atoms with E-state index in [1.807, 2.05) is 0 Å². The molecule has 1 atom stereocenters. The molecule has 0 aliphatic rings. The minimum atomic E-state index is -5.02. The van der Waals surface area contributed by atoms with E-state index in [0.29, 0.717) is 18.2 Å². The van der Waals surface area contributed by atoms with Crippen molar-refractivity contribution >= 4 is 27.3 Å². The topological polar surface area (TPSA) is 90.1 Å². The van der Waals surface area contributed by atoms with Gasteiger partial charge in [0, 0.05) is 11.8 Å². The van der Waals surface area contributed by atoms with E-state index < -0.39 is 78.6 Å². The molecule has 0 aliphatic carbocycles. The summed E-state index contributed by atoms with van der Waals surface area (Å²) in [5.74, 6) is -7.87. The first-order chi connectivity index (χ1) is 13.2. The molecule has 1 heterocycles. The number of carbonyl (C=O) groups is 1. The largest absolute Gasteiger partial charge is 0.390 e. The fourth-order valence-electron chi connectivity index (χ4n) is 2.48. The molecule has 2 aromatic rings. The van der Waals surface area contributed by atoms with Crippen molar-refractivity contribution in [3.63, 3.8) is 0 Å². The van der Waals surface area contributed by atoms with Gasteiger partial charge in [-0.05, 0) is 23.8 Å². The SMILES string of the molecule is NC(=O)c1cc(C(c2c(F)ccc(F)c2F)S(=O)(=O)CCC(F)(F)F)c(Cl)cn1. The minimum absolute atomic E-state index is 0.372. The molecule has 2 rings (SSSR count). The number of aromatic nitrogens is 1. The summed E-state index contributed by atoms with van der Waals surface area (Å²) >= 11 is 5.85. The van der Waals surface area contributed by atoms with E-state index >= 15 is 0 Å². The monoisotopic (exact) mass is 460 g/mol. The van der Waals surface area contributed by atoms with Gasteiger partial charge in [-0.1, -0.05) is 11.6 Å². The second-order valence-corrected chi connectivity index (χ2v) is 8.44. The summed E-state index contributed by atoms with van der Waals surface area (Å²) in [7, 11) is -5.02. The zero-order valence-electron chi connectivity index (χ0n) is 14.1. The van der Waals surface area contributed by atoms with E-state index in [1.54, 1.807) is 0 Å². The van der Waals surface area contributed by atoms with Crippen molar-refractivity contribution in [3.8, 4) is 0 Å². The molecule has 0 fully saturated rings. The lowest BCUT2D eigenvalue weighted by molar-refractivity contribution is -0.129. The molecule has 0 saturated carbocycles. The Morgan fingerprint density at radius 1 is 1.17 bits per heavy atom. The van der Waals surface area contributed by atoms with Crippen LogP contribution in [0, 0.1) is 17.5 Å². The van der Waals surface area contributed by atoms with E-state index in [-0.39, 0.29) is 0 Å². The number of benzene rings is 1. The number of rotatable bonds is 6. The van der Waals surface area contributed by atoms with Gasteiger partial charge >= 0.3 is 6.18 Å². The zero-order chi connectivity index (χ0) is 22.1. The van der Waals surface area contributed by atoms with Crippen molar-refractivity contribution in [1.29, 1.82) is 0 Å². The number of hydrogen-bond acceptors (Lipinski definition) is 4. The summed E-state index contributed by atoms with van der Waals surface area (Å²) in [6.45, 7) is 0. The lowest BCUT2D eigenvalue weighted by atomic mass is 10.0. The van der Waals surface area contributed by atoms with E-state index in [0.717, 1.165) is 6.20 Å². The van der Waals surface area contributed by atoms with Gasteiger partial charge in [-0.15, -0.1) is 0 Å². The maximum Gasteiger partial charge on any atom is 0.390 e. The number of pyridine rings is 1. The molecule has 1 aromatic carbocycles. The molecule has 1 amide bonds. The van der Waals surface area contributed by atoms with Crippen LogP contribution in [0.2, 0.25) is 5.02 Å². The van der Waals surface area contributed by atoms with Crippen LogP contribution in [0.25, 0.3) is 0 Å². The number of halogens is 7. The molecule has 29 heavy (non-hydrogen) atoms. The van der Waals surface area contributed by atoms with E-state index in [1.165, 1.54) is 0 Å². The highest BCUT2D eigenvalue weighted by atomic mass is 35.5. The van der Waals surface area contributed by atoms with E-state index in [4.69, 9.17) is 17.3 Å². The van der Waals surface area contributed by atoms with Gasteiger partial charge in [0.2, 0.25) is 0 Å². The van der Waals surface area contributed by atoms with E-state index in [2.05, 4.69) is 4.98 Å². The number of nitrogens with two attached hydrogens (primary N) is 1. The van der Waals surface area contributed by atoms with Crippen LogP contribution in [0.15, 0.2) is 24.4 Å². The first kappa shape index (κ1) is 22.9. The third-order valence-corrected chi connectivity index (χ3v) is 6.09. The van der Waals surface area contributed by atoms with Gasteiger partial charge in [0.15, 0.2) is 21.5 Å². The third kappa shape index (κ3) is 5.18. The second kappa shape index (κ2) is 8.19. The Hall–Kier alpha value is -2.34. The smallest absolute Gasteiger partial charge is 0.364 e. The van der Waals surface area contributed by atoms with Gasteiger partial charge in [0.25, 0.3) is 5.91 Å². The van der Waals surface area contributed by atoms with Crippen molar-refractivity contribution in [2.75, 3.05) is 5.75 Å². The summed E-state index contributed by atoms with van der Waals surface area (Å²) in [5, 5.41) is -3.03. The molecule has 1 aromatic heterocycles. The molecule has 0 aliphatic heterocycles. The molecule has 5 nitrogen and oxygen atoms in total. The van der Waals surface area contributed by atoms with Gasteiger partial charge in [-0.3, -0.25) is 4.79 Å². The van der Waals surface area contributed by atoms with Crippen molar-refractivity contribution in [1.82, 2.24) is 4.98 Å². The quantitative estimate of drug-likeness (QED) is 0.525. The molecular weight excluding hydrogens is 450 g/mol. The summed E-state index contributed by atoms with van der Waals surface area (Å²) in [6, 6.07) is 1.45. The van der Waals surface area contributed by atoms with Crippen LogP contribution in [0.3, 0.4) is 0 Å². The van der Waals surface area contributed by atoms with Gasteiger partial charge < -0.3 is 5.73 Å². The van der Waals surface area contributed by atoms with Crippen LogP contribution in [-0.2, 0) is 9.84 Å². The molecule has 0 spiro atoms. The highest BCUT2D eigenvalue weighted by Crippen LogP contribution is 2.39. The number of hydrogen-bond donors (Lipinski definition) is 1. The Balaban J connectivity index is 2.80. The fraction of sp³-hybridized carbons (Fsp3) is 0.250. The van der Waals surface area contributed by atoms with Crippen molar-refractivity contribution in [2.24, 2.45) is 5.73 Å². The maximum absolute atomic E-state index is 14.3. The molecule has 158 valence electrons. The van der Waals surface area contributed by atoms with Crippen LogP contribution in [-0.4, -0.2) is 31.2 Å². The highest BCUT2D eigenvalue weighted by molar-refractivity contribution is 7.91. The number of carbonyl (C=O) groups excluding carboxylic acids is 1. The second-order valence-electron chi connectivity index (χ2n) is 5.82. The van der Waals surface area contributed by atoms with Gasteiger partial charge in [0.1, 0.15) is 16.8 Å². The Morgan fingerprint density at radius 2 is 1.76 bits per heavy atom. The zero-order valence-corrected chi connectivity index (χ0v) is 15.7. The number of nitrogens with zero attached hydrogens (tertiary/aromatic N) is 1. The first-order valence-electron chi connectivity index (χ1n) is 7.61. The molecule has 0 radical (unpaired) electrons. The van der Waals surface area contributed by atoms with Crippen molar-refractivity contribution in [3.05, 3.63) is 63.7 Å².